The lowest BCUT2D eigenvalue weighted by atomic mass is 9.59. The van der Waals surface area contributed by atoms with Crippen LogP contribution in [0.5, 0.6) is 11.5 Å². The van der Waals surface area contributed by atoms with Crippen LogP contribution in [0.15, 0.2) is 76.9 Å². The summed E-state index contributed by atoms with van der Waals surface area (Å²) in [5.74, 6) is -8.47. The SMILES string of the molecule is CC1=CC(=O)C2=C(C1=O)[C@@H](c1cc(OC(F)(F)F)ccc1O)C1=CC[C@@H]3C(=O)N(c4cccc(C(=O)O)c4)C(=O)[C@@H]3[C@@H]1C2. The van der Waals surface area contributed by atoms with Crippen molar-refractivity contribution in [1.29, 1.82) is 0 Å². The van der Waals surface area contributed by atoms with Gasteiger partial charge in [0, 0.05) is 28.2 Å². The Morgan fingerprint density at radius 3 is 2.47 bits per heavy atom. The summed E-state index contributed by atoms with van der Waals surface area (Å²) in [6, 6.07) is 8.20. The number of carbonyl (C=O) groups is 5. The van der Waals surface area contributed by atoms with Crippen molar-refractivity contribution in [2.45, 2.75) is 32.0 Å². The highest BCUT2D eigenvalue weighted by Crippen LogP contribution is 2.56. The first kappa shape index (κ1) is 28.1. The molecule has 3 aliphatic carbocycles. The molecule has 220 valence electrons. The number of aromatic carboxylic acids is 1. The van der Waals surface area contributed by atoms with Gasteiger partial charge in [0.25, 0.3) is 0 Å². The lowest BCUT2D eigenvalue weighted by molar-refractivity contribution is -0.274. The van der Waals surface area contributed by atoms with Crippen LogP contribution < -0.4 is 9.64 Å². The molecule has 9 nitrogen and oxygen atoms in total. The number of carboxylic acid groups (broad SMARTS) is 1. The molecule has 1 heterocycles. The number of hydrogen-bond acceptors (Lipinski definition) is 7. The van der Waals surface area contributed by atoms with Crippen molar-refractivity contribution in [1.82, 2.24) is 0 Å². The van der Waals surface area contributed by atoms with E-state index in [1.807, 2.05) is 0 Å². The number of ketones is 2. The number of phenolic OH excluding ortho intramolecular Hbond substituents is 1. The fraction of sp³-hybridized carbons (Fsp3) is 0.258. The Kier molecular flexibility index (Phi) is 6.40. The smallest absolute Gasteiger partial charge is 0.508 e. The molecule has 1 saturated heterocycles. The van der Waals surface area contributed by atoms with Crippen LogP contribution in [0.25, 0.3) is 0 Å². The zero-order chi connectivity index (χ0) is 31.0. The standard InChI is InChI=1S/C31H22F3NO8/c1-13-9-23(37)21-12-19-17(24(26(21)27(13)38)20-11-16(5-8-22(20)36)43-31(32,33)34)6-7-18-25(19)29(40)35(28(18)39)15-4-2-3-14(10-15)30(41)42/h2-6,8-11,18-19,24-25,36H,7,12H2,1H3,(H,41,42)/t18-,19+,24+,25-/m0/s1. The maximum Gasteiger partial charge on any atom is 0.573 e. The number of alkyl halides is 3. The fourth-order valence-electron chi connectivity index (χ4n) is 6.71. The van der Waals surface area contributed by atoms with Gasteiger partial charge < -0.3 is 14.9 Å². The fourth-order valence-corrected chi connectivity index (χ4v) is 6.71. The first-order chi connectivity index (χ1) is 20.3. The van der Waals surface area contributed by atoms with Crippen molar-refractivity contribution in [3.63, 3.8) is 0 Å². The second-order valence-electron chi connectivity index (χ2n) is 10.9. The van der Waals surface area contributed by atoms with Crippen molar-refractivity contribution in [2.24, 2.45) is 17.8 Å². The summed E-state index contributed by atoms with van der Waals surface area (Å²) >= 11 is 0. The number of carboxylic acids is 1. The minimum Gasteiger partial charge on any atom is -0.508 e. The van der Waals surface area contributed by atoms with Crippen molar-refractivity contribution in [3.8, 4) is 11.5 Å². The molecule has 2 aromatic carbocycles. The normalized spacial score (nSPS) is 25.2. The first-order valence-corrected chi connectivity index (χ1v) is 13.3. The van der Waals surface area contributed by atoms with Gasteiger partial charge in [-0.1, -0.05) is 17.7 Å². The van der Waals surface area contributed by atoms with Crippen LogP contribution >= 0.6 is 0 Å². The lowest BCUT2D eigenvalue weighted by Crippen LogP contribution is -2.39. The molecule has 2 amide bonds. The van der Waals surface area contributed by atoms with Crippen LogP contribution in [-0.2, 0) is 19.2 Å². The number of nitrogens with zero attached hydrogens (tertiary/aromatic N) is 1. The highest BCUT2D eigenvalue weighted by Gasteiger charge is 2.57. The van der Waals surface area contributed by atoms with E-state index in [4.69, 9.17) is 0 Å². The average Bonchev–Trinajstić information content (AvgIpc) is 3.20. The minimum absolute atomic E-state index is 0.00630. The molecule has 0 aromatic heterocycles. The van der Waals surface area contributed by atoms with Crippen molar-refractivity contribution >= 4 is 35.0 Å². The highest BCUT2D eigenvalue weighted by molar-refractivity contribution is 6.25. The van der Waals surface area contributed by atoms with E-state index in [-0.39, 0.29) is 46.4 Å². The number of carbonyl (C=O) groups excluding carboxylic acids is 4. The topological polar surface area (TPSA) is 138 Å². The van der Waals surface area contributed by atoms with Gasteiger partial charge in [-0.2, -0.15) is 0 Å². The first-order valence-electron chi connectivity index (χ1n) is 13.3. The van der Waals surface area contributed by atoms with Gasteiger partial charge in [0.05, 0.1) is 23.1 Å². The number of allylic oxidation sites excluding steroid dienone is 6. The number of imide groups is 1. The highest BCUT2D eigenvalue weighted by atomic mass is 19.4. The largest absolute Gasteiger partial charge is 0.573 e. The molecular formula is C31H22F3NO8. The summed E-state index contributed by atoms with van der Waals surface area (Å²) in [7, 11) is 0. The van der Waals surface area contributed by atoms with Crippen LogP contribution in [0.3, 0.4) is 0 Å². The Labute approximate surface area is 241 Å². The Hall–Kier alpha value is -5.00. The second-order valence-corrected chi connectivity index (χ2v) is 10.9. The van der Waals surface area contributed by atoms with Gasteiger partial charge in [0.2, 0.25) is 11.8 Å². The molecule has 0 bridgehead atoms. The Balaban J connectivity index is 1.48. The zero-order valence-electron chi connectivity index (χ0n) is 22.3. The van der Waals surface area contributed by atoms with E-state index in [1.165, 1.54) is 31.2 Å². The Morgan fingerprint density at radius 2 is 1.77 bits per heavy atom. The predicted octanol–water partition coefficient (Wildman–Crippen LogP) is 4.62. The number of halogens is 3. The molecule has 0 saturated carbocycles. The van der Waals surface area contributed by atoms with Gasteiger partial charge >= 0.3 is 12.3 Å². The number of aromatic hydroxyl groups is 1. The van der Waals surface area contributed by atoms with E-state index in [0.29, 0.717) is 5.57 Å². The average molecular weight is 594 g/mol. The summed E-state index contributed by atoms with van der Waals surface area (Å²) in [5, 5.41) is 20.3. The number of amides is 2. The van der Waals surface area contributed by atoms with E-state index in [1.54, 1.807) is 6.08 Å². The predicted molar refractivity (Wildman–Crippen MR) is 142 cm³/mol. The number of phenols is 1. The monoisotopic (exact) mass is 593 g/mol. The van der Waals surface area contributed by atoms with E-state index < -0.39 is 70.9 Å². The molecule has 6 rings (SSSR count). The summed E-state index contributed by atoms with van der Waals surface area (Å²) in [4.78, 5) is 66.6. The number of benzene rings is 2. The quantitative estimate of drug-likeness (QED) is 0.298. The molecule has 0 radical (unpaired) electrons. The number of ether oxygens (including phenoxy) is 1. The molecule has 1 aliphatic heterocycles. The number of Topliss-reactive ketones (excluding diaryl/α,β-unsaturated/α-hetero) is 1. The third kappa shape index (κ3) is 4.53. The third-order valence-corrected chi connectivity index (χ3v) is 8.46. The molecule has 0 spiro atoms. The third-order valence-electron chi connectivity index (χ3n) is 8.46. The van der Waals surface area contributed by atoms with Crippen molar-refractivity contribution in [2.75, 3.05) is 4.90 Å². The van der Waals surface area contributed by atoms with Gasteiger partial charge in [-0.05, 0) is 68.2 Å². The van der Waals surface area contributed by atoms with Gasteiger partial charge in [-0.15, -0.1) is 13.2 Å². The molecule has 2 N–H and O–H groups in total. The Morgan fingerprint density at radius 1 is 1.02 bits per heavy atom. The molecule has 0 unspecified atom stereocenters. The number of fused-ring (bicyclic) bond motifs is 3. The van der Waals surface area contributed by atoms with Gasteiger partial charge in [0.1, 0.15) is 11.5 Å². The van der Waals surface area contributed by atoms with E-state index >= 15 is 0 Å². The molecule has 2 aromatic rings. The molecule has 43 heavy (non-hydrogen) atoms. The van der Waals surface area contributed by atoms with E-state index in [2.05, 4.69) is 4.74 Å². The zero-order valence-corrected chi connectivity index (χ0v) is 22.3. The summed E-state index contributed by atoms with van der Waals surface area (Å²) in [5.41, 5.74) is 0.379. The Bertz CT molecular complexity index is 1750. The summed E-state index contributed by atoms with van der Waals surface area (Å²) in [6.45, 7) is 1.43. The number of rotatable bonds is 4. The van der Waals surface area contributed by atoms with Crippen LogP contribution in [0.4, 0.5) is 18.9 Å². The molecule has 4 aliphatic rings. The molecule has 4 atom stereocenters. The van der Waals surface area contributed by atoms with Crippen LogP contribution in [0.1, 0.15) is 41.6 Å². The van der Waals surface area contributed by atoms with Crippen LogP contribution in [0.2, 0.25) is 0 Å². The maximum absolute atomic E-state index is 13.9. The van der Waals surface area contributed by atoms with Crippen LogP contribution in [-0.4, -0.2) is 45.9 Å². The second kappa shape index (κ2) is 9.79. The van der Waals surface area contributed by atoms with Gasteiger partial charge in [0.15, 0.2) is 11.6 Å². The van der Waals surface area contributed by atoms with Crippen molar-refractivity contribution in [3.05, 3.63) is 88.0 Å². The van der Waals surface area contributed by atoms with Gasteiger partial charge in [-0.25, -0.2) is 4.79 Å². The maximum atomic E-state index is 13.9. The molecule has 1 fully saturated rings. The lowest BCUT2D eigenvalue weighted by Gasteiger charge is -2.42. The number of anilines is 1. The summed E-state index contributed by atoms with van der Waals surface area (Å²) in [6.07, 6.45) is -2.30. The van der Waals surface area contributed by atoms with Crippen LogP contribution in [0, 0.1) is 17.8 Å². The molecule has 12 heteroatoms. The minimum atomic E-state index is -5.04. The van der Waals surface area contributed by atoms with E-state index in [9.17, 15) is 47.4 Å². The summed E-state index contributed by atoms with van der Waals surface area (Å²) < 4.78 is 43.3. The van der Waals surface area contributed by atoms with Crippen molar-refractivity contribution < 1.29 is 52.1 Å². The number of hydrogen-bond donors (Lipinski definition) is 2. The molecular weight excluding hydrogens is 571 g/mol. The van der Waals surface area contributed by atoms with Gasteiger partial charge in [-0.3, -0.25) is 24.1 Å². The van der Waals surface area contributed by atoms with E-state index in [0.717, 1.165) is 29.2 Å².